The highest BCUT2D eigenvalue weighted by molar-refractivity contribution is 6.33. The minimum absolute atomic E-state index is 0.181. The average molecular weight is 273 g/mol. The van der Waals surface area contributed by atoms with Crippen molar-refractivity contribution in [2.24, 2.45) is 5.73 Å². The molecule has 1 unspecified atom stereocenters. The van der Waals surface area contributed by atoms with E-state index in [0.717, 1.165) is 0 Å². The summed E-state index contributed by atoms with van der Waals surface area (Å²) in [6.45, 7) is 0.287. The second kappa shape index (κ2) is 7.20. The Morgan fingerprint density at radius 3 is 2.78 bits per heavy atom. The zero-order valence-corrected chi connectivity index (χ0v) is 11.2. The second-order valence-corrected chi connectivity index (χ2v) is 4.10. The number of amides is 1. The first kappa shape index (κ1) is 14.8. The predicted octanol–water partition coefficient (Wildman–Crippen LogP) is 1.65. The van der Waals surface area contributed by atoms with E-state index in [2.05, 4.69) is 5.32 Å². The van der Waals surface area contributed by atoms with Gasteiger partial charge in [0.15, 0.2) is 0 Å². The SMILES string of the molecule is COc1ccc(Cl)c(NC(=O)CC(CN)OC)c1. The lowest BCUT2D eigenvalue weighted by molar-refractivity contribution is -0.118. The molecule has 6 heteroatoms. The molecule has 0 saturated heterocycles. The number of methoxy groups -OCH3 is 2. The molecular formula is C12H17ClN2O3. The number of carbonyl (C=O) groups is 1. The molecule has 3 N–H and O–H groups in total. The highest BCUT2D eigenvalue weighted by Crippen LogP contribution is 2.26. The van der Waals surface area contributed by atoms with Crippen molar-refractivity contribution >= 4 is 23.2 Å². The van der Waals surface area contributed by atoms with E-state index < -0.39 is 0 Å². The number of halogens is 1. The van der Waals surface area contributed by atoms with E-state index in [1.807, 2.05) is 0 Å². The monoisotopic (exact) mass is 272 g/mol. The van der Waals surface area contributed by atoms with Crippen molar-refractivity contribution in [1.82, 2.24) is 0 Å². The third-order valence-electron chi connectivity index (χ3n) is 2.46. The highest BCUT2D eigenvalue weighted by atomic mass is 35.5. The summed E-state index contributed by atoms with van der Waals surface area (Å²) in [6.07, 6.45) is -0.116. The van der Waals surface area contributed by atoms with Crippen LogP contribution in [0.15, 0.2) is 18.2 Å². The van der Waals surface area contributed by atoms with Gasteiger partial charge in [0.05, 0.1) is 30.3 Å². The molecule has 0 aliphatic heterocycles. The van der Waals surface area contributed by atoms with Crippen LogP contribution in [0.5, 0.6) is 5.75 Å². The Hall–Kier alpha value is -1.30. The van der Waals surface area contributed by atoms with E-state index in [1.54, 1.807) is 25.3 Å². The van der Waals surface area contributed by atoms with Gasteiger partial charge in [0.1, 0.15) is 5.75 Å². The molecule has 1 atom stereocenters. The lowest BCUT2D eigenvalue weighted by Crippen LogP contribution is -2.28. The first-order chi connectivity index (χ1) is 8.60. The van der Waals surface area contributed by atoms with E-state index in [9.17, 15) is 4.79 Å². The Kier molecular flexibility index (Phi) is 5.91. The van der Waals surface area contributed by atoms with Gasteiger partial charge in [-0.2, -0.15) is 0 Å². The van der Waals surface area contributed by atoms with Crippen LogP contribution in [0.2, 0.25) is 5.02 Å². The minimum Gasteiger partial charge on any atom is -0.497 e. The largest absolute Gasteiger partial charge is 0.497 e. The first-order valence-corrected chi connectivity index (χ1v) is 5.84. The smallest absolute Gasteiger partial charge is 0.227 e. The van der Waals surface area contributed by atoms with Crippen molar-refractivity contribution in [3.05, 3.63) is 23.2 Å². The fraction of sp³-hybridized carbons (Fsp3) is 0.417. The van der Waals surface area contributed by atoms with Gasteiger partial charge >= 0.3 is 0 Å². The third-order valence-corrected chi connectivity index (χ3v) is 2.79. The molecule has 1 aromatic rings. The van der Waals surface area contributed by atoms with E-state index in [4.69, 9.17) is 26.8 Å². The van der Waals surface area contributed by atoms with Crippen LogP contribution in [-0.4, -0.2) is 32.8 Å². The maximum absolute atomic E-state index is 11.7. The Morgan fingerprint density at radius 2 is 2.22 bits per heavy atom. The molecule has 18 heavy (non-hydrogen) atoms. The van der Waals surface area contributed by atoms with Gasteiger partial charge < -0.3 is 20.5 Å². The molecule has 0 spiro atoms. The van der Waals surface area contributed by atoms with Gasteiger partial charge in [-0.25, -0.2) is 0 Å². The van der Waals surface area contributed by atoms with Crippen molar-refractivity contribution in [3.8, 4) is 5.75 Å². The number of nitrogens with two attached hydrogens (primary N) is 1. The van der Waals surface area contributed by atoms with Gasteiger partial charge in [0.2, 0.25) is 5.91 Å². The summed E-state index contributed by atoms with van der Waals surface area (Å²) in [5.74, 6) is 0.416. The number of ether oxygens (including phenoxy) is 2. The molecule has 0 radical (unpaired) electrons. The molecule has 0 aromatic heterocycles. The van der Waals surface area contributed by atoms with Gasteiger partial charge in [-0.3, -0.25) is 4.79 Å². The summed E-state index contributed by atoms with van der Waals surface area (Å²) >= 11 is 5.98. The normalized spacial score (nSPS) is 12.0. The molecular weight excluding hydrogens is 256 g/mol. The molecule has 100 valence electrons. The lowest BCUT2D eigenvalue weighted by Gasteiger charge is -2.13. The number of carbonyl (C=O) groups excluding carboxylic acids is 1. The fourth-order valence-corrected chi connectivity index (χ4v) is 1.56. The molecule has 0 fully saturated rings. The molecule has 0 saturated carbocycles. The van der Waals surface area contributed by atoms with E-state index >= 15 is 0 Å². The van der Waals surface area contributed by atoms with E-state index in [1.165, 1.54) is 7.11 Å². The van der Waals surface area contributed by atoms with Gasteiger partial charge in [0, 0.05) is 19.7 Å². The van der Waals surface area contributed by atoms with Crippen LogP contribution >= 0.6 is 11.6 Å². The number of benzene rings is 1. The van der Waals surface area contributed by atoms with Crippen molar-refractivity contribution in [2.75, 3.05) is 26.1 Å². The molecule has 0 heterocycles. The number of anilines is 1. The topological polar surface area (TPSA) is 73.6 Å². The predicted molar refractivity (Wildman–Crippen MR) is 71.1 cm³/mol. The van der Waals surface area contributed by atoms with Gasteiger partial charge in [0.25, 0.3) is 0 Å². The van der Waals surface area contributed by atoms with Crippen molar-refractivity contribution in [1.29, 1.82) is 0 Å². The van der Waals surface area contributed by atoms with E-state index in [-0.39, 0.29) is 25.0 Å². The number of nitrogens with one attached hydrogen (secondary N) is 1. The van der Waals surface area contributed by atoms with Crippen LogP contribution in [-0.2, 0) is 9.53 Å². The Labute approximate surface area is 111 Å². The summed E-state index contributed by atoms with van der Waals surface area (Å²) in [5.41, 5.74) is 5.96. The molecule has 0 bridgehead atoms. The van der Waals surface area contributed by atoms with Gasteiger partial charge in [-0.1, -0.05) is 11.6 Å². The number of hydrogen-bond donors (Lipinski definition) is 2. The zero-order chi connectivity index (χ0) is 13.5. The van der Waals surface area contributed by atoms with Crippen LogP contribution < -0.4 is 15.8 Å². The summed E-state index contributed by atoms with van der Waals surface area (Å²) < 4.78 is 10.1. The third kappa shape index (κ3) is 4.18. The molecule has 1 aromatic carbocycles. The zero-order valence-electron chi connectivity index (χ0n) is 10.4. The van der Waals surface area contributed by atoms with Crippen molar-refractivity contribution < 1.29 is 14.3 Å². The van der Waals surface area contributed by atoms with Crippen molar-refractivity contribution in [3.63, 3.8) is 0 Å². The number of hydrogen-bond acceptors (Lipinski definition) is 4. The number of rotatable bonds is 6. The highest BCUT2D eigenvalue weighted by Gasteiger charge is 2.13. The molecule has 5 nitrogen and oxygen atoms in total. The summed E-state index contributed by atoms with van der Waals surface area (Å²) in [6, 6.07) is 5.03. The van der Waals surface area contributed by atoms with E-state index in [0.29, 0.717) is 16.5 Å². The molecule has 1 amide bonds. The average Bonchev–Trinajstić information content (AvgIpc) is 2.38. The maximum atomic E-state index is 11.7. The van der Waals surface area contributed by atoms with Crippen LogP contribution in [0, 0.1) is 0 Å². The molecule has 0 aliphatic carbocycles. The Balaban J connectivity index is 2.69. The molecule has 0 aliphatic rings. The summed E-state index contributed by atoms with van der Waals surface area (Å²) in [7, 11) is 3.06. The Bertz CT molecular complexity index is 408. The summed E-state index contributed by atoms with van der Waals surface area (Å²) in [5, 5.41) is 3.15. The summed E-state index contributed by atoms with van der Waals surface area (Å²) in [4.78, 5) is 11.7. The lowest BCUT2D eigenvalue weighted by atomic mass is 10.2. The molecule has 1 rings (SSSR count). The maximum Gasteiger partial charge on any atom is 0.227 e. The second-order valence-electron chi connectivity index (χ2n) is 3.69. The standard InChI is InChI=1S/C12H17ClN2O3/c1-17-8-3-4-10(13)11(5-8)15-12(16)6-9(7-14)18-2/h3-5,9H,6-7,14H2,1-2H3,(H,15,16). The fourth-order valence-electron chi connectivity index (χ4n) is 1.40. The van der Waals surface area contributed by atoms with Crippen LogP contribution in [0.25, 0.3) is 0 Å². The first-order valence-electron chi connectivity index (χ1n) is 5.47. The van der Waals surface area contributed by atoms with Gasteiger partial charge in [-0.15, -0.1) is 0 Å². The van der Waals surface area contributed by atoms with Crippen molar-refractivity contribution in [2.45, 2.75) is 12.5 Å². The minimum atomic E-state index is -0.297. The van der Waals surface area contributed by atoms with Crippen LogP contribution in [0.3, 0.4) is 0 Å². The Morgan fingerprint density at radius 1 is 1.50 bits per heavy atom. The van der Waals surface area contributed by atoms with Gasteiger partial charge in [-0.05, 0) is 12.1 Å². The quantitative estimate of drug-likeness (QED) is 0.826. The van der Waals surface area contributed by atoms with Crippen LogP contribution in [0.4, 0.5) is 5.69 Å². The van der Waals surface area contributed by atoms with Crippen LogP contribution in [0.1, 0.15) is 6.42 Å².